The van der Waals surface area contributed by atoms with Crippen LogP contribution in [0.1, 0.15) is 5.56 Å². The summed E-state index contributed by atoms with van der Waals surface area (Å²) >= 11 is 18.3. The zero-order chi connectivity index (χ0) is 19.5. The standard InChI is InChI=1S/C17H10Cl3N7O/c18-10-5-6-11(19)9(7-10)8-21-25-15-14(22-13-4-2-1-3-12(13)20)23-16-17(24-15)27-28-26-16/h1-8H,(H,22,23,26)(H,24,25,27)/b21-8+. The van der Waals surface area contributed by atoms with Gasteiger partial charge in [0, 0.05) is 15.6 Å². The van der Waals surface area contributed by atoms with Crippen LogP contribution in [0.2, 0.25) is 15.1 Å². The first-order valence-electron chi connectivity index (χ1n) is 7.86. The molecule has 0 fully saturated rings. The lowest BCUT2D eigenvalue weighted by Gasteiger charge is -2.10. The Labute approximate surface area is 173 Å². The largest absolute Gasteiger partial charge is 0.336 e. The fourth-order valence-electron chi connectivity index (χ4n) is 2.27. The van der Waals surface area contributed by atoms with Crippen LogP contribution < -0.4 is 10.7 Å². The maximum Gasteiger partial charge on any atom is 0.245 e. The van der Waals surface area contributed by atoms with E-state index in [1.54, 1.807) is 30.3 Å². The molecule has 4 aromatic rings. The van der Waals surface area contributed by atoms with Crippen LogP contribution in [0.25, 0.3) is 11.3 Å². The topological polar surface area (TPSA) is 101 Å². The molecule has 0 saturated carbocycles. The maximum atomic E-state index is 6.21. The average Bonchev–Trinajstić information content (AvgIpc) is 3.13. The third-order valence-electron chi connectivity index (χ3n) is 3.57. The van der Waals surface area contributed by atoms with Crippen molar-refractivity contribution in [2.75, 3.05) is 10.7 Å². The minimum Gasteiger partial charge on any atom is -0.336 e. The Balaban J connectivity index is 1.66. The lowest BCUT2D eigenvalue weighted by molar-refractivity contribution is 0.314. The van der Waals surface area contributed by atoms with E-state index in [0.717, 1.165) is 0 Å². The third kappa shape index (κ3) is 3.99. The number of aromatic nitrogens is 4. The summed E-state index contributed by atoms with van der Waals surface area (Å²) in [6.45, 7) is 0. The maximum absolute atomic E-state index is 6.21. The second-order valence-corrected chi connectivity index (χ2v) is 6.72. The molecular formula is C17H10Cl3N7O. The Morgan fingerprint density at radius 2 is 1.64 bits per heavy atom. The van der Waals surface area contributed by atoms with Crippen molar-refractivity contribution in [3.63, 3.8) is 0 Å². The van der Waals surface area contributed by atoms with Gasteiger partial charge in [0.05, 0.1) is 16.9 Å². The lowest BCUT2D eigenvalue weighted by Crippen LogP contribution is -2.03. The molecule has 0 aliphatic heterocycles. The van der Waals surface area contributed by atoms with Crippen molar-refractivity contribution in [1.29, 1.82) is 0 Å². The molecule has 0 amide bonds. The van der Waals surface area contributed by atoms with Gasteiger partial charge in [-0.05, 0) is 40.6 Å². The van der Waals surface area contributed by atoms with E-state index in [2.05, 4.69) is 40.8 Å². The van der Waals surface area contributed by atoms with Crippen LogP contribution in [0.3, 0.4) is 0 Å². The number of hydrogen-bond acceptors (Lipinski definition) is 8. The van der Waals surface area contributed by atoms with Crippen molar-refractivity contribution >= 4 is 69.6 Å². The normalized spacial score (nSPS) is 11.2. The van der Waals surface area contributed by atoms with Gasteiger partial charge in [-0.1, -0.05) is 46.9 Å². The molecule has 11 heteroatoms. The lowest BCUT2D eigenvalue weighted by atomic mass is 10.2. The van der Waals surface area contributed by atoms with Crippen molar-refractivity contribution in [1.82, 2.24) is 20.3 Å². The molecule has 2 aromatic carbocycles. The Morgan fingerprint density at radius 3 is 2.43 bits per heavy atom. The Bertz CT molecular complexity index is 1180. The van der Waals surface area contributed by atoms with Gasteiger partial charge in [-0.3, -0.25) is 5.43 Å². The summed E-state index contributed by atoms with van der Waals surface area (Å²) in [6.07, 6.45) is 1.51. The molecule has 0 atom stereocenters. The van der Waals surface area contributed by atoms with Crippen LogP contribution in [-0.2, 0) is 0 Å². The fraction of sp³-hybridized carbons (Fsp3) is 0. The number of nitrogens with zero attached hydrogens (tertiary/aromatic N) is 5. The van der Waals surface area contributed by atoms with E-state index in [1.807, 2.05) is 12.1 Å². The van der Waals surface area contributed by atoms with Gasteiger partial charge in [-0.2, -0.15) is 10.1 Å². The monoisotopic (exact) mass is 433 g/mol. The first kappa shape index (κ1) is 18.4. The van der Waals surface area contributed by atoms with Crippen molar-refractivity contribution < 1.29 is 4.63 Å². The number of nitrogens with one attached hydrogen (secondary N) is 2. The number of rotatable bonds is 5. The number of halogens is 3. The molecule has 2 heterocycles. The molecule has 0 bridgehead atoms. The van der Waals surface area contributed by atoms with Crippen molar-refractivity contribution in [2.24, 2.45) is 5.10 Å². The summed E-state index contributed by atoms with van der Waals surface area (Å²) < 4.78 is 4.67. The highest BCUT2D eigenvalue weighted by atomic mass is 35.5. The summed E-state index contributed by atoms with van der Waals surface area (Å²) in [5.41, 5.74) is 4.55. The number of hydrazone groups is 1. The molecule has 2 aromatic heterocycles. The number of anilines is 3. The number of para-hydroxylation sites is 1. The molecule has 140 valence electrons. The van der Waals surface area contributed by atoms with Crippen LogP contribution >= 0.6 is 34.8 Å². The number of fused-ring (bicyclic) bond motifs is 1. The summed E-state index contributed by atoms with van der Waals surface area (Å²) in [5.74, 6) is 0.628. The molecule has 0 aliphatic carbocycles. The second-order valence-electron chi connectivity index (χ2n) is 5.47. The fourth-order valence-corrected chi connectivity index (χ4v) is 2.80. The van der Waals surface area contributed by atoms with E-state index in [0.29, 0.717) is 32.1 Å². The van der Waals surface area contributed by atoms with Crippen LogP contribution in [0, 0.1) is 0 Å². The van der Waals surface area contributed by atoms with E-state index in [-0.39, 0.29) is 17.1 Å². The van der Waals surface area contributed by atoms with E-state index in [4.69, 9.17) is 34.8 Å². The molecule has 28 heavy (non-hydrogen) atoms. The predicted molar refractivity (Wildman–Crippen MR) is 110 cm³/mol. The van der Waals surface area contributed by atoms with Gasteiger partial charge in [-0.25, -0.2) is 9.61 Å². The van der Waals surface area contributed by atoms with Gasteiger partial charge < -0.3 is 5.32 Å². The smallest absolute Gasteiger partial charge is 0.245 e. The summed E-state index contributed by atoms with van der Waals surface area (Å²) in [5, 5.41) is 16.2. The Hall–Kier alpha value is -2.94. The minimum atomic E-state index is 0.225. The quantitative estimate of drug-likeness (QED) is 0.330. The van der Waals surface area contributed by atoms with E-state index in [9.17, 15) is 0 Å². The average molecular weight is 435 g/mol. The van der Waals surface area contributed by atoms with E-state index >= 15 is 0 Å². The highest BCUT2D eigenvalue weighted by molar-refractivity contribution is 6.35. The highest BCUT2D eigenvalue weighted by Gasteiger charge is 2.13. The molecule has 0 radical (unpaired) electrons. The molecule has 0 unspecified atom stereocenters. The van der Waals surface area contributed by atoms with E-state index in [1.165, 1.54) is 6.21 Å². The van der Waals surface area contributed by atoms with Crippen molar-refractivity contribution in [3.05, 3.63) is 63.1 Å². The van der Waals surface area contributed by atoms with Gasteiger partial charge in [0.25, 0.3) is 0 Å². The molecule has 0 spiro atoms. The number of hydrogen-bond donors (Lipinski definition) is 2. The van der Waals surface area contributed by atoms with Crippen LogP contribution in [0.5, 0.6) is 0 Å². The van der Waals surface area contributed by atoms with Crippen LogP contribution in [0.15, 0.2) is 52.2 Å². The van der Waals surface area contributed by atoms with Gasteiger partial charge in [0.15, 0.2) is 11.6 Å². The zero-order valence-corrected chi connectivity index (χ0v) is 16.2. The van der Waals surface area contributed by atoms with Gasteiger partial charge in [0.1, 0.15) is 0 Å². The highest BCUT2D eigenvalue weighted by Crippen LogP contribution is 2.28. The SMILES string of the molecule is Clc1ccc(Cl)c(/C=N/Nc2nc3nonc3nc2Nc2ccccc2Cl)c1. The minimum absolute atomic E-state index is 0.225. The van der Waals surface area contributed by atoms with Crippen LogP contribution in [-0.4, -0.2) is 26.5 Å². The van der Waals surface area contributed by atoms with Gasteiger partial charge >= 0.3 is 0 Å². The zero-order valence-electron chi connectivity index (χ0n) is 13.9. The van der Waals surface area contributed by atoms with Gasteiger partial charge in [-0.15, -0.1) is 0 Å². The first-order valence-corrected chi connectivity index (χ1v) is 8.99. The number of benzene rings is 2. The predicted octanol–water partition coefficient (Wildman–Crippen LogP) is 5.16. The third-order valence-corrected chi connectivity index (χ3v) is 4.48. The van der Waals surface area contributed by atoms with Gasteiger partial charge in [0.2, 0.25) is 11.3 Å². The van der Waals surface area contributed by atoms with Crippen molar-refractivity contribution in [2.45, 2.75) is 0 Å². The summed E-state index contributed by atoms with van der Waals surface area (Å²) in [7, 11) is 0. The second kappa shape index (κ2) is 7.97. The molecule has 0 saturated heterocycles. The van der Waals surface area contributed by atoms with E-state index < -0.39 is 0 Å². The molecule has 4 rings (SSSR count). The molecule has 0 aliphatic rings. The molecular weight excluding hydrogens is 425 g/mol. The van der Waals surface area contributed by atoms with Crippen LogP contribution in [0.4, 0.5) is 17.3 Å². The Morgan fingerprint density at radius 1 is 0.893 bits per heavy atom. The Kier molecular flexibility index (Phi) is 5.25. The first-order chi connectivity index (χ1) is 13.6. The molecule has 8 nitrogen and oxygen atoms in total. The van der Waals surface area contributed by atoms with Crippen molar-refractivity contribution in [3.8, 4) is 0 Å². The summed E-state index contributed by atoms with van der Waals surface area (Å²) in [4.78, 5) is 8.66. The summed E-state index contributed by atoms with van der Waals surface area (Å²) in [6, 6.07) is 12.3. The molecule has 2 N–H and O–H groups in total.